The maximum absolute atomic E-state index is 12.7. The van der Waals surface area contributed by atoms with Crippen molar-refractivity contribution in [3.63, 3.8) is 0 Å². The van der Waals surface area contributed by atoms with E-state index >= 15 is 0 Å². The van der Waals surface area contributed by atoms with Crippen LogP contribution in [0.5, 0.6) is 0 Å². The van der Waals surface area contributed by atoms with Crippen LogP contribution in [0.25, 0.3) is 39.3 Å². The summed E-state index contributed by atoms with van der Waals surface area (Å²) in [5.41, 5.74) is 6.06. The fraction of sp³-hybridized carbons (Fsp3) is 0.667. The molecule has 2 saturated heterocycles. The minimum Gasteiger partial charge on any atom is -0.361 e. The first-order valence-corrected chi connectivity index (χ1v) is 68.1. The van der Waals surface area contributed by atoms with Gasteiger partial charge in [-0.3, -0.25) is 30.2 Å². The molecule has 6 amide bonds. The van der Waals surface area contributed by atoms with Gasteiger partial charge in [0.1, 0.15) is 38.5 Å². The first kappa shape index (κ1) is 96.3. The zero-order chi connectivity index (χ0) is 87.1. The van der Waals surface area contributed by atoms with Gasteiger partial charge in [0.05, 0.1) is 51.8 Å². The number of rotatable bonds is 43. The van der Waals surface area contributed by atoms with Crippen molar-refractivity contribution < 1.29 is 47.6 Å². The summed E-state index contributed by atoms with van der Waals surface area (Å²) in [7, 11) is -5.18. The second kappa shape index (κ2) is 42.4. The molecule has 6 aromatic rings. The Hall–Kier alpha value is -5.91. The molecule has 24 nitrogen and oxygen atoms in total. The van der Waals surface area contributed by atoms with Crippen LogP contribution in [0.1, 0.15) is 191 Å². The van der Waals surface area contributed by atoms with Crippen molar-refractivity contribution in [2.75, 3.05) is 76.4 Å². The number of hydrogen-bond donors (Lipinski definition) is 4. The molecular formula is C90H145BrN14O10Si4Sn. The minimum absolute atomic E-state index is 0.243. The molecular weight excluding hydrogens is 1750 g/mol. The molecule has 30 heteroatoms. The molecule has 6 aromatic heterocycles. The minimum atomic E-state index is -2.24. The summed E-state index contributed by atoms with van der Waals surface area (Å²) in [6.07, 6.45) is 27.5. The SMILES string of the molecule is C=C(OCC)c1c(C2C[C@H]3CC[C@@H](C2)C3)nc2c(-c3ccc(C4(C)NC(=O)NC4=O)nc3)cnn2c1N(COCC[Si](C)(C)C)COCC[Si](C)(C)C.C=[C](OCC)[Sn]([CH2]CCC)([CH2]CCC)[CH2]CCC.CC1(c2ccc(-c3cnn4c(N(COCC[Si](C)(C)C)COCC[Si](C)(C)C)c(Br)c(C5C[C@H]6CC[C@@H](C5)C6)nc34)cn2)NC(=O)NC1=O. The van der Waals surface area contributed by atoms with Crippen molar-refractivity contribution in [1.29, 1.82) is 0 Å². The zero-order valence-corrected chi connectivity index (χ0v) is 84.7. The standard InChI is InChI=1S/C39H59N7O5Si2.C35H52BrN7O4Si2.C4H7O.3C4H9.Sn/c1-10-51-26(2)33-34(30-20-27-11-12-28(19-27)21-30)42-35-31(29-13-14-32(40-22-29)39(3)37(47)43-38(48)44-39)23-41-46(35)36(33)45(24-49-15-17-52(4,5)6)25-50-16-18-53(7,8)9;1-35(33(44)40-34(45)41-35)28-11-10-25(19-37-28)27-20-38-43-31(27)39-30(26-17-23-8-9-24(16-23)18-26)29(36)32(43)42(21-46-12-14-48(2,3)4)22-47-13-15-49(5,6)7;1-3-5-4-2;3*1-3-4-2;/h13-14,22-23,27-28,30H,2,10-12,15-21,24-25H2,1,3-9H3,(H2,43,44,47,48);10-11,19-20,23-24,26H,8-9,12-18,21-22H2,1-7H3,(H2,40,41,44,45);1,4H2,2H3;3*1,3-4H2,2H3;/t27-,28+,30?,39?;23-,24+,26?,35?;;;;;. The number of anilines is 2. The third-order valence-corrected chi connectivity index (χ3v) is 47.7. The molecule has 0 spiro atoms. The van der Waals surface area contributed by atoms with Gasteiger partial charge in [-0.15, -0.1) is 0 Å². The molecule has 6 aliphatic rings. The molecule has 8 atom stereocenters. The van der Waals surface area contributed by atoms with Gasteiger partial charge in [0.25, 0.3) is 11.8 Å². The van der Waals surface area contributed by atoms with Crippen LogP contribution in [0.15, 0.2) is 70.5 Å². The summed E-state index contributed by atoms with van der Waals surface area (Å²) >= 11 is 1.82. The van der Waals surface area contributed by atoms with Crippen molar-refractivity contribution in [3.8, 4) is 22.3 Å². The molecule has 8 heterocycles. The number of fused-ring (bicyclic) bond motifs is 6. The van der Waals surface area contributed by atoms with E-state index in [2.05, 4.69) is 176 Å². The van der Waals surface area contributed by atoms with E-state index in [1.807, 2.05) is 40.5 Å². The number of nitrogens with one attached hydrogen (secondary N) is 4. The monoisotopic (exact) mass is 1890 g/mol. The molecule has 120 heavy (non-hydrogen) atoms. The van der Waals surface area contributed by atoms with Crippen molar-refractivity contribution >= 4 is 119 Å². The Balaban J connectivity index is 0.000000210. The van der Waals surface area contributed by atoms with E-state index in [-0.39, 0.29) is 5.92 Å². The van der Waals surface area contributed by atoms with Crippen LogP contribution in [0.4, 0.5) is 21.2 Å². The Morgan fingerprint density at radius 2 is 0.867 bits per heavy atom. The van der Waals surface area contributed by atoms with Crippen LogP contribution in [-0.2, 0) is 49.1 Å². The average molecular weight is 1890 g/mol. The number of ether oxygens (including phenoxy) is 6. The first-order chi connectivity index (χ1) is 56.8. The maximum atomic E-state index is 12.7. The smallest absolute Gasteiger partial charge is 0.322 e. The molecule has 4 N–H and O–H groups in total. The Morgan fingerprint density at radius 1 is 0.508 bits per heavy atom. The molecule has 662 valence electrons. The number of nitrogens with zero attached hydrogens (tertiary/aromatic N) is 10. The van der Waals surface area contributed by atoms with Crippen LogP contribution >= 0.6 is 15.9 Å². The average Bonchev–Trinajstić information content (AvgIpc) is 1.44. The fourth-order valence-corrected chi connectivity index (χ4v) is 36.3. The number of carbonyl (C=O) groups excluding carboxylic acids is 4. The van der Waals surface area contributed by atoms with Gasteiger partial charge in [0, 0.05) is 105 Å². The van der Waals surface area contributed by atoms with Gasteiger partial charge in [-0.2, -0.15) is 19.2 Å². The van der Waals surface area contributed by atoms with Crippen molar-refractivity contribution in [2.45, 2.75) is 290 Å². The van der Waals surface area contributed by atoms with Crippen LogP contribution in [0, 0.1) is 23.7 Å². The van der Waals surface area contributed by atoms with E-state index in [9.17, 15) is 19.2 Å². The molecule has 2 aliphatic heterocycles. The molecule has 12 rings (SSSR count). The molecule has 4 aliphatic carbocycles. The Kier molecular flexibility index (Phi) is 34.0. The van der Waals surface area contributed by atoms with E-state index in [1.54, 1.807) is 38.4 Å². The second-order valence-corrected chi connectivity index (χ2v) is 76.5. The molecule has 0 radical (unpaired) electrons. The van der Waals surface area contributed by atoms with Gasteiger partial charge in [-0.05, 0) is 135 Å². The molecule has 4 unspecified atom stereocenters. The van der Waals surface area contributed by atoms with E-state index in [0.29, 0.717) is 101 Å². The summed E-state index contributed by atoms with van der Waals surface area (Å²) in [4.78, 5) is 73.6. The normalized spacial score (nSPS) is 21.7. The first-order valence-electron chi connectivity index (χ1n) is 45.0. The summed E-state index contributed by atoms with van der Waals surface area (Å²) in [6, 6.07) is 10.6. The topological polar surface area (TPSA) is 264 Å². The maximum Gasteiger partial charge on any atom is 0.322 e. The van der Waals surface area contributed by atoms with Crippen molar-refractivity contribution in [1.82, 2.24) is 60.4 Å². The molecule has 0 aromatic carbocycles. The number of urea groups is 2. The van der Waals surface area contributed by atoms with E-state index in [4.69, 9.17) is 48.6 Å². The van der Waals surface area contributed by atoms with E-state index < -0.39 is 85.6 Å². The molecule has 6 fully saturated rings. The Morgan fingerprint density at radius 3 is 1.20 bits per heavy atom. The third kappa shape index (κ3) is 25.0. The summed E-state index contributed by atoms with van der Waals surface area (Å²) in [6.45, 7) is 56.9. The fourth-order valence-electron chi connectivity index (χ4n) is 17.8. The molecule has 4 saturated carbocycles. The quantitative estimate of drug-likeness (QED) is 0.00911. The summed E-state index contributed by atoms with van der Waals surface area (Å²) < 4.78 is 48.2. The number of hydrogen-bond acceptors (Lipinski definition) is 18. The Labute approximate surface area is 733 Å². The number of aromatic nitrogens is 8. The van der Waals surface area contributed by atoms with Gasteiger partial charge < -0.3 is 44.1 Å². The van der Waals surface area contributed by atoms with Crippen LogP contribution in [0.3, 0.4) is 0 Å². The predicted molar refractivity (Wildman–Crippen MR) is 501 cm³/mol. The van der Waals surface area contributed by atoms with Crippen molar-refractivity contribution in [2.24, 2.45) is 23.7 Å². The van der Waals surface area contributed by atoms with Gasteiger partial charge in [-0.25, -0.2) is 19.6 Å². The zero-order valence-electron chi connectivity index (χ0n) is 76.3. The van der Waals surface area contributed by atoms with E-state index in [1.165, 1.54) is 94.1 Å². The van der Waals surface area contributed by atoms with Crippen molar-refractivity contribution in [3.05, 3.63) is 98.8 Å². The van der Waals surface area contributed by atoms with Gasteiger partial charge >= 0.3 is 132 Å². The third-order valence-electron chi connectivity index (χ3n) is 25.2. The van der Waals surface area contributed by atoms with Gasteiger partial charge in [0.2, 0.25) is 0 Å². The number of halogens is 1. The van der Waals surface area contributed by atoms with E-state index in [0.717, 1.165) is 129 Å². The predicted octanol–water partition coefficient (Wildman–Crippen LogP) is 20.8. The van der Waals surface area contributed by atoms with Gasteiger partial charge in [0.15, 0.2) is 28.2 Å². The number of amides is 6. The number of imide groups is 2. The van der Waals surface area contributed by atoms with Crippen LogP contribution in [-0.4, -0.2) is 180 Å². The number of unbranched alkanes of at least 4 members (excludes halogenated alkanes) is 3. The number of pyridine rings is 2. The Bertz CT molecular complexity index is 4380. The summed E-state index contributed by atoms with van der Waals surface area (Å²) in [5, 5.41) is 19.9. The van der Waals surface area contributed by atoms with Gasteiger partial charge in [-0.1, -0.05) is 123 Å². The van der Waals surface area contributed by atoms with Crippen LogP contribution < -0.4 is 31.1 Å². The summed E-state index contributed by atoms with van der Waals surface area (Å²) in [5.74, 6) is 4.87. The second-order valence-electron chi connectivity index (χ2n) is 40.1. The number of carbonyl (C=O) groups is 4. The largest absolute Gasteiger partial charge is 0.361 e. The van der Waals surface area contributed by atoms with Crippen LogP contribution in [0.2, 0.25) is 116 Å². The molecule has 4 bridgehead atoms.